The van der Waals surface area contributed by atoms with Gasteiger partial charge in [-0.2, -0.15) is 0 Å². The zero-order valence-electron chi connectivity index (χ0n) is 21.9. The highest BCUT2D eigenvalue weighted by molar-refractivity contribution is 8.00. The fourth-order valence-electron chi connectivity index (χ4n) is 4.24. The largest absolute Gasteiger partial charge is 0.321 e. The van der Waals surface area contributed by atoms with Crippen LogP contribution in [0.25, 0.3) is 6.08 Å². The molecule has 1 aliphatic rings. The Morgan fingerprint density at radius 2 is 1.62 bits per heavy atom. The van der Waals surface area contributed by atoms with E-state index in [1.54, 1.807) is 78.9 Å². The number of carbonyl (C=O) groups is 4. The van der Waals surface area contributed by atoms with Gasteiger partial charge in [-0.1, -0.05) is 41.9 Å². The summed E-state index contributed by atoms with van der Waals surface area (Å²) in [6, 6.07) is 27.4. The van der Waals surface area contributed by atoms with Gasteiger partial charge < -0.3 is 10.6 Å². The molecule has 5 rings (SSSR count). The Balaban J connectivity index is 1.28. The molecule has 1 atom stereocenters. The van der Waals surface area contributed by atoms with Gasteiger partial charge in [-0.3, -0.25) is 19.2 Å². The van der Waals surface area contributed by atoms with Crippen molar-refractivity contribution in [3.63, 3.8) is 0 Å². The summed E-state index contributed by atoms with van der Waals surface area (Å²) in [6.07, 6.45) is 1.54. The van der Waals surface area contributed by atoms with E-state index >= 15 is 0 Å². The Labute approximate surface area is 250 Å². The first-order valence-corrected chi connectivity index (χ1v) is 14.1. The van der Waals surface area contributed by atoms with Crippen LogP contribution < -0.4 is 15.5 Å². The predicted molar refractivity (Wildman–Crippen MR) is 162 cm³/mol. The van der Waals surface area contributed by atoms with E-state index in [1.165, 1.54) is 42.1 Å². The van der Waals surface area contributed by atoms with E-state index in [0.29, 0.717) is 32.4 Å². The van der Waals surface area contributed by atoms with Gasteiger partial charge in [0.2, 0.25) is 11.8 Å². The summed E-state index contributed by atoms with van der Waals surface area (Å²) in [5.41, 5.74) is 1.81. The van der Waals surface area contributed by atoms with Crippen LogP contribution in [-0.4, -0.2) is 28.9 Å². The van der Waals surface area contributed by atoms with Gasteiger partial charge >= 0.3 is 0 Å². The van der Waals surface area contributed by atoms with Crippen LogP contribution in [0.3, 0.4) is 0 Å². The average molecular weight is 600 g/mol. The van der Waals surface area contributed by atoms with Crippen molar-refractivity contribution in [2.45, 2.75) is 16.6 Å². The molecule has 4 amide bonds. The Kier molecular flexibility index (Phi) is 8.80. The minimum Gasteiger partial charge on any atom is -0.321 e. The number of hydrogen-bond acceptors (Lipinski definition) is 5. The quantitative estimate of drug-likeness (QED) is 0.183. The lowest BCUT2D eigenvalue weighted by molar-refractivity contribution is -0.121. The highest BCUT2D eigenvalue weighted by atomic mass is 35.5. The van der Waals surface area contributed by atoms with Gasteiger partial charge in [0.05, 0.1) is 10.9 Å². The van der Waals surface area contributed by atoms with Crippen molar-refractivity contribution in [3.8, 4) is 0 Å². The molecule has 0 spiro atoms. The molecular formula is C32H23ClFN3O4S. The standard InChI is InChI=1S/C32H23ClFN3O4S/c33-22-8-4-5-20(17-22)18-27(36-30(39)21-6-2-1-3-7-21)31(40)35-24-11-15-26(16-12-24)42-28-19-29(38)37(32(28)41)25-13-9-23(34)10-14-25/h1-18,28H,19H2,(H,35,40)(H,36,39)/b27-18-. The van der Waals surface area contributed by atoms with Gasteiger partial charge in [0.15, 0.2) is 0 Å². The molecule has 10 heteroatoms. The zero-order valence-corrected chi connectivity index (χ0v) is 23.5. The number of hydrogen-bond donors (Lipinski definition) is 2. The van der Waals surface area contributed by atoms with E-state index in [1.807, 2.05) is 0 Å². The number of anilines is 2. The van der Waals surface area contributed by atoms with E-state index in [-0.39, 0.29) is 23.9 Å². The van der Waals surface area contributed by atoms with Gasteiger partial charge in [-0.15, -0.1) is 11.8 Å². The van der Waals surface area contributed by atoms with Crippen LogP contribution in [0.5, 0.6) is 0 Å². The predicted octanol–water partition coefficient (Wildman–Crippen LogP) is 6.31. The van der Waals surface area contributed by atoms with E-state index in [4.69, 9.17) is 11.6 Å². The van der Waals surface area contributed by atoms with Crippen molar-refractivity contribution < 1.29 is 23.6 Å². The van der Waals surface area contributed by atoms with Crippen LogP contribution in [0.15, 0.2) is 114 Å². The lowest BCUT2D eigenvalue weighted by Crippen LogP contribution is -2.31. The second-order valence-corrected chi connectivity index (χ2v) is 11.0. The lowest BCUT2D eigenvalue weighted by Gasteiger charge is -2.15. The topological polar surface area (TPSA) is 95.6 Å². The maximum Gasteiger partial charge on any atom is 0.272 e. The number of carbonyl (C=O) groups excluding carboxylic acids is 4. The molecule has 1 unspecified atom stereocenters. The van der Waals surface area contributed by atoms with E-state index in [9.17, 15) is 23.6 Å². The maximum atomic E-state index is 13.3. The van der Waals surface area contributed by atoms with Gasteiger partial charge in [-0.25, -0.2) is 9.29 Å². The molecule has 0 saturated carbocycles. The van der Waals surface area contributed by atoms with E-state index < -0.39 is 22.9 Å². The Morgan fingerprint density at radius 3 is 2.31 bits per heavy atom. The van der Waals surface area contributed by atoms with Crippen molar-refractivity contribution in [3.05, 3.63) is 131 Å². The smallest absolute Gasteiger partial charge is 0.272 e. The zero-order chi connectivity index (χ0) is 29.6. The third-order valence-corrected chi connectivity index (χ3v) is 7.70. The number of rotatable bonds is 8. The summed E-state index contributed by atoms with van der Waals surface area (Å²) in [4.78, 5) is 53.3. The molecule has 1 aliphatic heterocycles. The minimum atomic E-state index is -0.636. The van der Waals surface area contributed by atoms with Crippen molar-refractivity contribution in [2.75, 3.05) is 10.2 Å². The van der Waals surface area contributed by atoms with Crippen LogP contribution in [-0.2, 0) is 14.4 Å². The fraction of sp³-hybridized carbons (Fsp3) is 0.0625. The number of amides is 4. The Hall–Kier alpha value is -4.73. The van der Waals surface area contributed by atoms with E-state index in [2.05, 4.69) is 10.6 Å². The first-order valence-electron chi connectivity index (χ1n) is 12.8. The van der Waals surface area contributed by atoms with Crippen LogP contribution in [0.1, 0.15) is 22.3 Å². The number of thioether (sulfide) groups is 1. The second kappa shape index (κ2) is 12.8. The van der Waals surface area contributed by atoms with Crippen molar-refractivity contribution >= 4 is 64.4 Å². The molecule has 0 aliphatic carbocycles. The Bertz CT molecular complexity index is 1680. The Morgan fingerprint density at radius 1 is 0.905 bits per heavy atom. The maximum absolute atomic E-state index is 13.3. The molecule has 4 aromatic rings. The van der Waals surface area contributed by atoms with Crippen LogP contribution in [0.2, 0.25) is 5.02 Å². The molecule has 7 nitrogen and oxygen atoms in total. The summed E-state index contributed by atoms with van der Waals surface area (Å²) < 4.78 is 13.3. The van der Waals surface area contributed by atoms with Crippen molar-refractivity contribution in [1.29, 1.82) is 0 Å². The van der Waals surface area contributed by atoms with Gasteiger partial charge in [-0.05, 0) is 84.4 Å². The van der Waals surface area contributed by atoms with Gasteiger partial charge in [0, 0.05) is 27.6 Å². The molecule has 210 valence electrons. The highest BCUT2D eigenvalue weighted by Gasteiger charge is 2.40. The molecule has 1 fully saturated rings. The van der Waals surface area contributed by atoms with Crippen molar-refractivity contribution in [1.82, 2.24) is 5.32 Å². The summed E-state index contributed by atoms with van der Waals surface area (Å²) in [7, 11) is 0. The first-order chi connectivity index (χ1) is 20.3. The van der Waals surface area contributed by atoms with Crippen molar-refractivity contribution in [2.24, 2.45) is 0 Å². The number of nitrogens with one attached hydrogen (secondary N) is 2. The van der Waals surface area contributed by atoms with E-state index in [0.717, 1.165) is 4.90 Å². The molecule has 0 aromatic heterocycles. The summed E-state index contributed by atoms with van der Waals surface area (Å²) >= 11 is 7.33. The van der Waals surface area contributed by atoms with Crippen LogP contribution in [0, 0.1) is 5.82 Å². The van der Waals surface area contributed by atoms with Crippen LogP contribution >= 0.6 is 23.4 Å². The molecule has 4 aromatic carbocycles. The number of imide groups is 1. The number of nitrogens with zero attached hydrogens (tertiary/aromatic N) is 1. The minimum absolute atomic E-state index is 0.0120. The molecule has 0 radical (unpaired) electrons. The average Bonchev–Trinajstić information content (AvgIpc) is 3.26. The monoisotopic (exact) mass is 599 g/mol. The third kappa shape index (κ3) is 6.94. The SMILES string of the molecule is O=C(Nc1ccc(SC2CC(=O)N(c3ccc(F)cc3)C2=O)cc1)/C(=C/c1cccc(Cl)c1)NC(=O)c1ccccc1. The highest BCUT2D eigenvalue weighted by Crippen LogP contribution is 2.34. The third-order valence-electron chi connectivity index (χ3n) is 6.27. The van der Waals surface area contributed by atoms with Gasteiger partial charge in [0.25, 0.3) is 11.8 Å². The molecule has 1 heterocycles. The normalized spacial score (nSPS) is 15.0. The lowest BCUT2D eigenvalue weighted by atomic mass is 10.1. The molecule has 2 N–H and O–H groups in total. The second-order valence-electron chi connectivity index (χ2n) is 9.27. The number of halogens is 2. The summed E-state index contributed by atoms with van der Waals surface area (Å²) in [6.45, 7) is 0. The van der Waals surface area contributed by atoms with Crippen LogP contribution in [0.4, 0.5) is 15.8 Å². The summed E-state index contributed by atoms with van der Waals surface area (Å²) in [5, 5.41) is 5.30. The molecular weight excluding hydrogens is 577 g/mol. The molecule has 0 bridgehead atoms. The molecule has 1 saturated heterocycles. The summed E-state index contributed by atoms with van der Waals surface area (Å²) in [5.74, 6) is -2.19. The molecule has 42 heavy (non-hydrogen) atoms. The fourth-order valence-corrected chi connectivity index (χ4v) is 5.50. The van der Waals surface area contributed by atoms with Gasteiger partial charge in [0.1, 0.15) is 11.5 Å². The number of benzene rings is 4. The first kappa shape index (κ1) is 28.8.